The molecular formula is C6H6F2N2O2. The molecule has 1 aromatic heterocycles. The third kappa shape index (κ3) is 1.27. The maximum atomic E-state index is 12.2. The second-order valence-corrected chi connectivity index (χ2v) is 2.20. The average Bonchev–Trinajstić information content (AvgIpc) is 2.30. The van der Waals surface area contributed by atoms with E-state index in [1.165, 1.54) is 7.05 Å². The van der Waals surface area contributed by atoms with Crippen molar-refractivity contribution in [2.24, 2.45) is 7.05 Å². The van der Waals surface area contributed by atoms with Crippen LogP contribution in [0.25, 0.3) is 0 Å². The fourth-order valence-electron chi connectivity index (χ4n) is 0.862. The third-order valence-corrected chi connectivity index (χ3v) is 1.39. The lowest BCUT2D eigenvalue weighted by atomic mass is 10.3. The van der Waals surface area contributed by atoms with Crippen molar-refractivity contribution in [3.63, 3.8) is 0 Å². The van der Waals surface area contributed by atoms with Crippen molar-refractivity contribution < 1.29 is 18.7 Å². The number of aromatic carboxylic acids is 1. The number of aryl methyl sites for hydroxylation is 1. The molecule has 1 rings (SSSR count). The molecule has 1 heterocycles. The van der Waals surface area contributed by atoms with Gasteiger partial charge in [0, 0.05) is 7.05 Å². The highest BCUT2D eigenvalue weighted by Gasteiger charge is 2.22. The van der Waals surface area contributed by atoms with Crippen LogP contribution in [0.3, 0.4) is 0 Å². The molecule has 0 radical (unpaired) electrons. The predicted octanol–water partition coefficient (Wildman–Crippen LogP) is 1.06. The van der Waals surface area contributed by atoms with Crippen LogP contribution in [0.5, 0.6) is 0 Å². The van der Waals surface area contributed by atoms with Crippen molar-refractivity contribution in [3.8, 4) is 0 Å². The standard InChI is InChI=1S/C6H6F2N2O2/c1-10-2-9-3(6(11)12)4(10)5(7)8/h2,5H,1H3,(H,11,12). The van der Waals surface area contributed by atoms with Crippen molar-refractivity contribution in [2.75, 3.05) is 0 Å². The van der Waals surface area contributed by atoms with Gasteiger partial charge in [-0.2, -0.15) is 0 Å². The molecule has 0 unspecified atom stereocenters. The largest absolute Gasteiger partial charge is 0.476 e. The summed E-state index contributed by atoms with van der Waals surface area (Å²) in [6, 6.07) is 0. The number of aromatic nitrogens is 2. The van der Waals surface area contributed by atoms with Gasteiger partial charge in [-0.3, -0.25) is 0 Å². The Morgan fingerprint density at radius 1 is 1.75 bits per heavy atom. The van der Waals surface area contributed by atoms with Gasteiger partial charge in [0.05, 0.1) is 6.33 Å². The Morgan fingerprint density at radius 3 is 2.67 bits per heavy atom. The smallest absolute Gasteiger partial charge is 0.356 e. The number of nitrogens with zero attached hydrogens (tertiary/aromatic N) is 2. The molecule has 0 spiro atoms. The molecule has 66 valence electrons. The first kappa shape index (κ1) is 8.63. The van der Waals surface area contributed by atoms with E-state index in [2.05, 4.69) is 4.98 Å². The van der Waals surface area contributed by atoms with Crippen LogP contribution in [0.4, 0.5) is 8.78 Å². The highest BCUT2D eigenvalue weighted by Crippen LogP contribution is 2.21. The highest BCUT2D eigenvalue weighted by atomic mass is 19.3. The lowest BCUT2D eigenvalue weighted by molar-refractivity contribution is 0.0676. The molecule has 0 amide bonds. The predicted molar refractivity (Wildman–Crippen MR) is 35.1 cm³/mol. The van der Waals surface area contributed by atoms with Gasteiger partial charge in [0.15, 0.2) is 5.69 Å². The minimum absolute atomic E-state index is 0.567. The Labute approximate surface area is 66.5 Å². The van der Waals surface area contributed by atoms with E-state index in [-0.39, 0.29) is 0 Å². The van der Waals surface area contributed by atoms with Crippen molar-refractivity contribution in [3.05, 3.63) is 17.7 Å². The molecule has 0 saturated carbocycles. The van der Waals surface area contributed by atoms with Crippen LogP contribution in [0.1, 0.15) is 22.6 Å². The minimum Gasteiger partial charge on any atom is -0.476 e. The number of rotatable bonds is 2. The summed E-state index contributed by atoms with van der Waals surface area (Å²) >= 11 is 0. The van der Waals surface area contributed by atoms with E-state index in [1.54, 1.807) is 0 Å². The topological polar surface area (TPSA) is 55.1 Å². The fraction of sp³-hybridized carbons (Fsp3) is 0.333. The number of imidazole rings is 1. The maximum Gasteiger partial charge on any atom is 0.356 e. The van der Waals surface area contributed by atoms with Crippen LogP contribution in [-0.2, 0) is 7.05 Å². The summed E-state index contributed by atoms with van der Waals surface area (Å²) in [7, 11) is 1.32. The molecule has 12 heavy (non-hydrogen) atoms. The van der Waals surface area contributed by atoms with Gasteiger partial charge in [0.2, 0.25) is 0 Å². The summed E-state index contributed by atoms with van der Waals surface area (Å²) in [6.07, 6.45) is -1.77. The third-order valence-electron chi connectivity index (χ3n) is 1.39. The van der Waals surface area contributed by atoms with Crippen LogP contribution >= 0.6 is 0 Å². The first-order chi connectivity index (χ1) is 5.54. The number of hydrogen-bond donors (Lipinski definition) is 1. The summed E-state index contributed by atoms with van der Waals surface area (Å²) in [4.78, 5) is 13.7. The van der Waals surface area contributed by atoms with Gasteiger partial charge < -0.3 is 9.67 Å². The van der Waals surface area contributed by atoms with Crippen molar-refractivity contribution >= 4 is 5.97 Å². The molecule has 4 nitrogen and oxygen atoms in total. The quantitative estimate of drug-likeness (QED) is 0.732. The molecule has 0 atom stereocenters. The summed E-state index contributed by atoms with van der Waals surface area (Å²) in [5.41, 5.74) is -1.16. The maximum absolute atomic E-state index is 12.2. The van der Waals surface area contributed by atoms with Gasteiger partial charge in [0.1, 0.15) is 5.69 Å². The number of carboxylic acids is 1. The fourth-order valence-corrected chi connectivity index (χ4v) is 0.862. The molecule has 0 aliphatic heterocycles. The highest BCUT2D eigenvalue weighted by molar-refractivity contribution is 5.86. The van der Waals surface area contributed by atoms with Crippen LogP contribution in [0.15, 0.2) is 6.33 Å². The normalized spacial score (nSPS) is 10.7. The van der Waals surface area contributed by atoms with Gasteiger partial charge in [-0.25, -0.2) is 18.6 Å². The second kappa shape index (κ2) is 2.88. The first-order valence-electron chi connectivity index (χ1n) is 3.06. The van der Waals surface area contributed by atoms with Gasteiger partial charge in [-0.1, -0.05) is 0 Å². The number of halogens is 2. The van der Waals surface area contributed by atoms with Crippen molar-refractivity contribution in [1.82, 2.24) is 9.55 Å². The number of carbonyl (C=O) groups is 1. The summed E-state index contributed by atoms with van der Waals surface area (Å²) in [5.74, 6) is -1.44. The van der Waals surface area contributed by atoms with Crippen LogP contribution < -0.4 is 0 Å². The van der Waals surface area contributed by atoms with Gasteiger partial charge in [-0.15, -0.1) is 0 Å². The molecular weight excluding hydrogens is 170 g/mol. The molecule has 0 aromatic carbocycles. The van der Waals surface area contributed by atoms with Gasteiger partial charge in [-0.05, 0) is 0 Å². The molecule has 0 aliphatic rings. The summed E-state index contributed by atoms with van der Waals surface area (Å²) < 4.78 is 25.3. The van der Waals surface area contributed by atoms with Crippen molar-refractivity contribution in [1.29, 1.82) is 0 Å². The molecule has 0 bridgehead atoms. The zero-order valence-electron chi connectivity index (χ0n) is 6.16. The van der Waals surface area contributed by atoms with E-state index in [0.717, 1.165) is 10.9 Å². The molecule has 0 fully saturated rings. The van der Waals surface area contributed by atoms with E-state index in [0.29, 0.717) is 0 Å². The molecule has 1 aromatic rings. The molecule has 6 heteroatoms. The Hall–Kier alpha value is -1.46. The minimum atomic E-state index is -2.82. The lowest BCUT2D eigenvalue weighted by Gasteiger charge is -2.00. The van der Waals surface area contributed by atoms with Gasteiger partial charge in [0.25, 0.3) is 6.43 Å². The van der Waals surface area contributed by atoms with E-state index < -0.39 is 23.8 Å². The average molecular weight is 176 g/mol. The van der Waals surface area contributed by atoms with Gasteiger partial charge >= 0.3 is 5.97 Å². The van der Waals surface area contributed by atoms with E-state index >= 15 is 0 Å². The zero-order chi connectivity index (χ0) is 9.30. The molecule has 0 aliphatic carbocycles. The summed E-state index contributed by atoms with van der Waals surface area (Å²) in [6.45, 7) is 0. The Morgan fingerprint density at radius 2 is 2.33 bits per heavy atom. The Bertz CT molecular complexity index is 308. The summed E-state index contributed by atoms with van der Waals surface area (Å²) in [5, 5.41) is 8.42. The SMILES string of the molecule is Cn1cnc(C(=O)O)c1C(F)F. The number of carboxylic acid groups (broad SMARTS) is 1. The lowest BCUT2D eigenvalue weighted by Crippen LogP contribution is -2.05. The number of alkyl halides is 2. The van der Waals surface area contributed by atoms with Crippen LogP contribution in [-0.4, -0.2) is 20.6 Å². The molecule has 1 N–H and O–H groups in total. The zero-order valence-corrected chi connectivity index (χ0v) is 6.16. The first-order valence-corrected chi connectivity index (χ1v) is 3.06. The Kier molecular flexibility index (Phi) is 2.07. The van der Waals surface area contributed by atoms with Crippen LogP contribution in [0.2, 0.25) is 0 Å². The van der Waals surface area contributed by atoms with E-state index in [1.807, 2.05) is 0 Å². The number of hydrogen-bond acceptors (Lipinski definition) is 2. The van der Waals surface area contributed by atoms with Crippen molar-refractivity contribution in [2.45, 2.75) is 6.43 Å². The second-order valence-electron chi connectivity index (χ2n) is 2.20. The van der Waals surface area contributed by atoms with E-state index in [9.17, 15) is 13.6 Å². The molecule has 0 saturated heterocycles. The van der Waals surface area contributed by atoms with E-state index in [4.69, 9.17) is 5.11 Å². The van der Waals surface area contributed by atoms with Crippen LogP contribution in [0, 0.1) is 0 Å². The monoisotopic (exact) mass is 176 g/mol. The Balaban J connectivity index is 3.21.